The van der Waals surface area contributed by atoms with Gasteiger partial charge in [-0.2, -0.15) is 0 Å². The number of nitrogens with zero attached hydrogens (tertiary/aromatic N) is 1. The van der Waals surface area contributed by atoms with Gasteiger partial charge in [0.25, 0.3) is 0 Å². The lowest BCUT2D eigenvalue weighted by molar-refractivity contribution is -0.118. The third-order valence-electron chi connectivity index (χ3n) is 2.15. The highest BCUT2D eigenvalue weighted by atomic mass is 16.1. The SMILES string of the molecule is CC(C)(N)CCC(=O)Cc1ccccn1. The smallest absolute Gasteiger partial charge is 0.138 e. The van der Waals surface area contributed by atoms with Gasteiger partial charge >= 0.3 is 0 Å². The van der Waals surface area contributed by atoms with Gasteiger partial charge < -0.3 is 5.73 Å². The summed E-state index contributed by atoms with van der Waals surface area (Å²) in [6.45, 7) is 3.86. The Balaban J connectivity index is 2.38. The molecule has 1 aromatic heterocycles. The lowest BCUT2D eigenvalue weighted by Crippen LogP contribution is -2.32. The minimum Gasteiger partial charge on any atom is -0.326 e. The monoisotopic (exact) mass is 206 g/mol. The first-order chi connectivity index (χ1) is 6.97. The molecule has 2 N–H and O–H groups in total. The van der Waals surface area contributed by atoms with Gasteiger partial charge in [-0.1, -0.05) is 6.07 Å². The van der Waals surface area contributed by atoms with Crippen LogP contribution in [0.3, 0.4) is 0 Å². The molecule has 0 spiro atoms. The van der Waals surface area contributed by atoms with E-state index in [2.05, 4.69) is 4.98 Å². The Kier molecular flexibility index (Phi) is 3.97. The Hall–Kier alpha value is -1.22. The Labute approximate surface area is 90.7 Å². The molecule has 1 heterocycles. The quantitative estimate of drug-likeness (QED) is 0.798. The molecule has 0 unspecified atom stereocenters. The number of nitrogens with two attached hydrogens (primary N) is 1. The van der Waals surface area contributed by atoms with Gasteiger partial charge in [0, 0.05) is 30.3 Å². The standard InChI is InChI=1S/C12H18N2O/c1-12(2,13)7-6-11(15)9-10-5-3-4-8-14-10/h3-5,8H,6-7,9,13H2,1-2H3. The predicted octanol–water partition coefficient (Wildman–Crippen LogP) is 1.71. The van der Waals surface area contributed by atoms with Crippen LogP contribution in [0.15, 0.2) is 24.4 Å². The second-order valence-electron chi connectivity index (χ2n) is 4.53. The van der Waals surface area contributed by atoms with Crippen LogP contribution < -0.4 is 5.73 Å². The van der Waals surface area contributed by atoms with E-state index < -0.39 is 0 Å². The summed E-state index contributed by atoms with van der Waals surface area (Å²) in [4.78, 5) is 15.7. The average molecular weight is 206 g/mol. The Morgan fingerprint density at radius 1 is 1.47 bits per heavy atom. The highest BCUT2D eigenvalue weighted by Gasteiger charge is 2.13. The zero-order valence-electron chi connectivity index (χ0n) is 9.36. The van der Waals surface area contributed by atoms with Gasteiger partial charge in [-0.05, 0) is 32.4 Å². The van der Waals surface area contributed by atoms with E-state index in [1.54, 1.807) is 6.20 Å². The molecular weight excluding hydrogens is 188 g/mol. The van der Waals surface area contributed by atoms with E-state index >= 15 is 0 Å². The molecule has 1 rings (SSSR count). The van der Waals surface area contributed by atoms with E-state index in [1.807, 2.05) is 32.0 Å². The van der Waals surface area contributed by atoms with Crippen molar-refractivity contribution in [3.8, 4) is 0 Å². The summed E-state index contributed by atoms with van der Waals surface area (Å²) in [5.74, 6) is 0.201. The third kappa shape index (κ3) is 5.27. The van der Waals surface area contributed by atoms with E-state index in [-0.39, 0.29) is 11.3 Å². The van der Waals surface area contributed by atoms with Crippen LogP contribution in [0.25, 0.3) is 0 Å². The van der Waals surface area contributed by atoms with Crippen molar-refractivity contribution < 1.29 is 4.79 Å². The van der Waals surface area contributed by atoms with Crippen LogP contribution in [0.1, 0.15) is 32.4 Å². The molecule has 15 heavy (non-hydrogen) atoms. The molecule has 0 aromatic carbocycles. The first-order valence-corrected chi connectivity index (χ1v) is 5.18. The van der Waals surface area contributed by atoms with Gasteiger partial charge in [-0.15, -0.1) is 0 Å². The number of Topliss-reactive ketones (excluding diaryl/α,β-unsaturated/α-hetero) is 1. The van der Waals surface area contributed by atoms with Crippen molar-refractivity contribution in [3.05, 3.63) is 30.1 Å². The molecule has 3 heteroatoms. The number of aromatic nitrogens is 1. The lowest BCUT2D eigenvalue weighted by Gasteiger charge is -2.17. The topological polar surface area (TPSA) is 56.0 Å². The van der Waals surface area contributed by atoms with Crippen LogP contribution in [0.2, 0.25) is 0 Å². The molecule has 0 amide bonds. The zero-order chi connectivity index (χ0) is 11.3. The maximum atomic E-state index is 11.6. The summed E-state index contributed by atoms with van der Waals surface area (Å²) in [7, 11) is 0. The van der Waals surface area contributed by atoms with Crippen molar-refractivity contribution >= 4 is 5.78 Å². The molecular formula is C12H18N2O. The summed E-state index contributed by atoms with van der Waals surface area (Å²) < 4.78 is 0. The van der Waals surface area contributed by atoms with Gasteiger partial charge in [0.2, 0.25) is 0 Å². The van der Waals surface area contributed by atoms with Crippen molar-refractivity contribution in [2.24, 2.45) is 5.73 Å². The Morgan fingerprint density at radius 3 is 2.73 bits per heavy atom. The average Bonchev–Trinajstić information content (AvgIpc) is 2.15. The van der Waals surface area contributed by atoms with E-state index in [0.717, 1.165) is 12.1 Å². The predicted molar refractivity (Wildman–Crippen MR) is 60.4 cm³/mol. The molecule has 0 aliphatic rings. The minimum atomic E-state index is -0.264. The molecule has 0 saturated heterocycles. The first kappa shape index (κ1) is 11.9. The number of hydrogen-bond acceptors (Lipinski definition) is 3. The van der Waals surface area contributed by atoms with Crippen LogP contribution in [0.5, 0.6) is 0 Å². The van der Waals surface area contributed by atoms with E-state index in [0.29, 0.717) is 12.8 Å². The van der Waals surface area contributed by atoms with E-state index in [9.17, 15) is 4.79 Å². The van der Waals surface area contributed by atoms with Crippen LogP contribution >= 0.6 is 0 Å². The highest BCUT2D eigenvalue weighted by Crippen LogP contribution is 2.09. The van der Waals surface area contributed by atoms with Crippen LogP contribution in [0, 0.1) is 0 Å². The van der Waals surface area contributed by atoms with Crippen LogP contribution in [-0.2, 0) is 11.2 Å². The fraction of sp³-hybridized carbons (Fsp3) is 0.500. The normalized spacial score (nSPS) is 11.4. The second-order valence-corrected chi connectivity index (χ2v) is 4.53. The molecule has 0 aliphatic heterocycles. The van der Waals surface area contributed by atoms with Crippen LogP contribution in [-0.4, -0.2) is 16.3 Å². The maximum absolute atomic E-state index is 11.6. The van der Waals surface area contributed by atoms with Gasteiger partial charge in [-0.25, -0.2) is 0 Å². The van der Waals surface area contributed by atoms with Crippen LogP contribution in [0.4, 0.5) is 0 Å². The number of carbonyl (C=O) groups excluding carboxylic acids is 1. The molecule has 82 valence electrons. The number of ketones is 1. The summed E-state index contributed by atoms with van der Waals surface area (Å²) in [5.41, 5.74) is 6.38. The van der Waals surface area contributed by atoms with Crippen molar-refractivity contribution in [1.29, 1.82) is 0 Å². The summed E-state index contributed by atoms with van der Waals surface area (Å²) in [6.07, 6.45) is 3.37. The molecule has 1 aromatic rings. The molecule has 0 aliphatic carbocycles. The summed E-state index contributed by atoms with van der Waals surface area (Å²) >= 11 is 0. The van der Waals surface area contributed by atoms with Gasteiger partial charge in [0.15, 0.2) is 0 Å². The Morgan fingerprint density at radius 2 is 2.20 bits per heavy atom. The molecule has 0 saturated carbocycles. The van der Waals surface area contributed by atoms with Crippen molar-refractivity contribution in [3.63, 3.8) is 0 Å². The molecule has 0 radical (unpaired) electrons. The van der Waals surface area contributed by atoms with Gasteiger partial charge in [0.05, 0.1) is 0 Å². The maximum Gasteiger partial charge on any atom is 0.138 e. The van der Waals surface area contributed by atoms with Crippen molar-refractivity contribution in [2.75, 3.05) is 0 Å². The first-order valence-electron chi connectivity index (χ1n) is 5.18. The van der Waals surface area contributed by atoms with E-state index in [1.165, 1.54) is 0 Å². The number of carbonyl (C=O) groups is 1. The summed E-state index contributed by atoms with van der Waals surface area (Å²) in [6, 6.07) is 5.60. The molecule has 0 fully saturated rings. The lowest BCUT2D eigenvalue weighted by atomic mass is 9.97. The number of rotatable bonds is 5. The fourth-order valence-corrected chi connectivity index (χ4v) is 1.25. The number of hydrogen-bond donors (Lipinski definition) is 1. The zero-order valence-corrected chi connectivity index (χ0v) is 9.36. The van der Waals surface area contributed by atoms with Crippen molar-refractivity contribution in [1.82, 2.24) is 4.98 Å². The minimum absolute atomic E-state index is 0.201. The van der Waals surface area contributed by atoms with E-state index in [4.69, 9.17) is 5.73 Å². The highest BCUT2D eigenvalue weighted by molar-refractivity contribution is 5.80. The fourth-order valence-electron chi connectivity index (χ4n) is 1.25. The van der Waals surface area contributed by atoms with Crippen molar-refractivity contribution in [2.45, 2.75) is 38.6 Å². The largest absolute Gasteiger partial charge is 0.326 e. The molecule has 0 bridgehead atoms. The number of pyridine rings is 1. The Bertz CT molecular complexity index is 314. The molecule has 3 nitrogen and oxygen atoms in total. The van der Waals surface area contributed by atoms with Gasteiger partial charge in [-0.3, -0.25) is 9.78 Å². The second kappa shape index (κ2) is 5.03. The summed E-state index contributed by atoms with van der Waals surface area (Å²) in [5, 5.41) is 0. The third-order valence-corrected chi connectivity index (χ3v) is 2.15. The van der Waals surface area contributed by atoms with Gasteiger partial charge in [0.1, 0.15) is 5.78 Å². The molecule has 0 atom stereocenters.